The largest absolute Gasteiger partial charge is 0.377 e. The lowest BCUT2D eigenvalue weighted by molar-refractivity contribution is -0.00455. The highest BCUT2D eigenvalue weighted by molar-refractivity contribution is 5.35. The Hall–Kier alpha value is -1.72. The highest BCUT2D eigenvalue weighted by Crippen LogP contribution is 2.45. The van der Waals surface area contributed by atoms with Crippen LogP contribution in [0, 0.1) is 6.92 Å². The zero-order valence-electron chi connectivity index (χ0n) is 17.3. The van der Waals surface area contributed by atoms with Gasteiger partial charge in [0.05, 0.1) is 18.1 Å². The number of rotatable bonds is 7. The number of aryl methyl sites for hydroxylation is 1. The normalized spacial score (nSPS) is 22.6. The molecule has 2 fully saturated rings. The molecule has 0 bridgehead atoms. The maximum atomic E-state index is 5.96. The van der Waals surface area contributed by atoms with Crippen LogP contribution in [0.2, 0.25) is 0 Å². The second kappa shape index (κ2) is 8.75. The van der Waals surface area contributed by atoms with Crippen LogP contribution < -0.4 is 0 Å². The molecule has 0 unspecified atom stereocenters. The van der Waals surface area contributed by atoms with E-state index in [1.165, 1.54) is 30.4 Å². The molecular weight excluding hydrogens is 350 g/mol. The van der Waals surface area contributed by atoms with Gasteiger partial charge in [0.15, 0.2) is 5.82 Å². The Labute approximate surface area is 168 Å². The first kappa shape index (κ1) is 19.6. The first-order valence-electron chi connectivity index (χ1n) is 10.9. The smallest absolute Gasteiger partial charge is 0.240 e. The van der Waals surface area contributed by atoms with Gasteiger partial charge in [-0.1, -0.05) is 54.8 Å². The first-order chi connectivity index (χ1) is 13.7. The molecule has 1 aromatic carbocycles. The Morgan fingerprint density at radius 2 is 1.96 bits per heavy atom. The summed E-state index contributed by atoms with van der Waals surface area (Å²) in [5, 5.41) is 4.46. The minimum Gasteiger partial charge on any atom is -0.377 e. The van der Waals surface area contributed by atoms with E-state index in [4.69, 9.17) is 14.2 Å². The van der Waals surface area contributed by atoms with E-state index in [-0.39, 0.29) is 5.41 Å². The van der Waals surface area contributed by atoms with Crippen LogP contribution in [0.1, 0.15) is 74.7 Å². The summed E-state index contributed by atoms with van der Waals surface area (Å²) in [6, 6.07) is 8.88. The Bertz CT molecular complexity index is 749. The lowest BCUT2D eigenvalue weighted by Crippen LogP contribution is -2.39. The van der Waals surface area contributed by atoms with Gasteiger partial charge in [0.2, 0.25) is 5.89 Å². The van der Waals surface area contributed by atoms with Gasteiger partial charge >= 0.3 is 0 Å². The van der Waals surface area contributed by atoms with E-state index in [1.807, 2.05) is 0 Å². The zero-order valence-corrected chi connectivity index (χ0v) is 17.3. The highest BCUT2D eigenvalue weighted by atomic mass is 16.5. The topological polar surface area (TPSA) is 51.4 Å². The molecule has 1 aliphatic heterocycles. The van der Waals surface area contributed by atoms with Crippen LogP contribution in [0.15, 0.2) is 28.8 Å². The minimum atomic E-state index is -0.0792. The summed E-state index contributed by atoms with van der Waals surface area (Å²) in [6.45, 7) is 7.90. The number of nitrogens with zero attached hydrogens (tertiary/aromatic N) is 3. The van der Waals surface area contributed by atoms with Crippen LogP contribution >= 0.6 is 0 Å². The second-order valence-corrected chi connectivity index (χ2v) is 8.54. The van der Waals surface area contributed by atoms with Crippen LogP contribution in [-0.2, 0) is 16.7 Å². The molecule has 1 saturated carbocycles. The summed E-state index contributed by atoms with van der Waals surface area (Å²) < 4.78 is 11.7. The molecule has 2 heterocycles. The number of hydrogen-bond acceptors (Lipinski definition) is 5. The molecule has 2 aliphatic rings. The third-order valence-electron chi connectivity index (χ3n) is 6.34. The van der Waals surface area contributed by atoms with Gasteiger partial charge in [0, 0.05) is 13.2 Å². The van der Waals surface area contributed by atoms with Gasteiger partial charge in [-0.25, -0.2) is 0 Å². The van der Waals surface area contributed by atoms with Crippen molar-refractivity contribution in [2.24, 2.45) is 0 Å². The van der Waals surface area contributed by atoms with E-state index >= 15 is 0 Å². The molecule has 28 heavy (non-hydrogen) atoms. The molecule has 2 aromatic rings. The number of piperidine rings is 1. The quantitative estimate of drug-likeness (QED) is 0.698. The van der Waals surface area contributed by atoms with E-state index in [0.717, 1.165) is 63.6 Å². The molecule has 0 amide bonds. The zero-order chi connectivity index (χ0) is 19.4. The average molecular weight is 384 g/mol. The number of likely N-dealkylation sites (tertiary alicyclic amines) is 1. The van der Waals surface area contributed by atoms with E-state index in [2.05, 4.69) is 48.2 Å². The second-order valence-electron chi connectivity index (χ2n) is 8.54. The number of aromatic nitrogens is 2. The molecule has 5 nitrogen and oxygen atoms in total. The van der Waals surface area contributed by atoms with Gasteiger partial charge in [-0.05, 0) is 51.1 Å². The fraction of sp³-hybridized carbons (Fsp3) is 0.652. The predicted octanol–water partition coefficient (Wildman–Crippen LogP) is 4.63. The number of hydrogen-bond donors (Lipinski definition) is 0. The minimum absolute atomic E-state index is 0.0792. The van der Waals surface area contributed by atoms with Crippen LogP contribution in [0.3, 0.4) is 0 Å². The fourth-order valence-corrected chi connectivity index (χ4v) is 4.77. The Kier molecular flexibility index (Phi) is 6.12. The number of benzene rings is 1. The molecule has 1 aliphatic carbocycles. The van der Waals surface area contributed by atoms with Crippen LogP contribution in [0.4, 0.5) is 0 Å². The predicted molar refractivity (Wildman–Crippen MR) is 109 cm³/mol. The van der Waals surface area contributed by atoms with Gasteiger partial charge in [-0.2, -0.15) is 4.98 Å². The van der Waals surface area contributed by atoms with Gasteiger partial charge in [-0.15, -0.1) is 0 Å². The Balaban J connectivity index is 1.47. The van der Waals surface area contributed by atoms with Crippen molar-refractivity contribution < 1.29 is 9.26 Å². The third-order valence-corrected chi connectivity index (χ3v) is 6.34. The van der Waals surface area contributed by atoms with Crippen LogP contribution in [0.25, 0.3) is 0 Å². The molecule has 1 aromatic heterocycles. The highest BCUT2D eigenvalue weighted by Gasteiger charge is 2.41. The molecule has 1 atom stereocenters. The van der Waals surface area contributed by atoms with E-state index in [9.17, 15) is 0 Å². The summed E-state index contributed by atoms with van der Waals surface area (Å²) in [5.41, 5.74) is 2.54. The van der Waals surface area contributed by atoms with Crippen molar-refractivity contribution in [3.8, 4) is 0 Å². The van der Waals surface area contributed by atoms with Gasteiger partial charge in [0.1, 0.15) is 0 Å². The van der Waals surface area contributed by atoms with Crippen molar-refractivity contribution in [1.29, 1.82) is 0 Å². The van der Waals surface area contributed by atoms with Crippen molar-refractivity contribution in [1.82, 2.24) is 15.0 Å². The van der Waals surface area contributed by atoms with Crippen molar-refractivity contribution >= 4 is 0 Å². The molecule has 4 rings (SSSR count). The van der Waals surface area contributed by atoms with Crippen molar-refractivity contribution in [2.45, 2.75) is 76.9 Å². The Morgan fingerprint density at radius 1 is 1.18 bits per heavy atom. The maximum absolute atomic E-state index is 5.96. The van der Waals surface area contributed by atoms with Gasteiger partial charge in [0.25, 0.3) is 0 Å². The van der Waals surface area contributed by atoms with Crippen molar-refractivity contribution in [2.75, 3.05) is 19.7 Å². The van der Waals surface area contributed by atoms with Crippen LogP contribution in [0.5, 0.6) is 0 Å². The third kappa shape index (κ3) is 4.15. The van der Waals surface area contributed by atoms with E-state index in [1.54, 1.807) is 0 Å². The maximum Gasteiger partial charge on any atom is 0.240 e. The summed E-state index contributed by atoms with van der Waals surface area (Å²) in [5.74, 6) is 1.61. The molecule has 152 valence electrons. The monoisotopic (exact) mass is 383 g/mol. The molecule has 1 saturated heterocycles. The van der Waals surface area contributed by atoms with Crippen molar-refractivity contribution in [3.05, 3.63) is 47.1 Å². The van der Waals surface area contributed by atoms with E-state index in [0.29, 0.717) is 6.10 Å². The standard InChI is InChI=1S/C23H33N3O2/c1-3-15-27-20-7-6-14-26(16-20)17-21-24-22(25-28-21)23(12-4-5-13-23)19-10-8-18(2)9-11-19/h8-11,20H,3-7,12-17H2,1-2H3/t20-/m1/s1. The first-order valence-corrected chi connectivity index (χ1v) is 10.9. The molecular formula is C23H33N3O2. The fourth-order valence-electron chi connectivity index (χ4n) is 4.77. The SMILES string of the molecule is CCCO[C@@H]1CCCN(Cc2nc(C3(c4ccc(C)cc4)CCCC3)no2)C1. The Morgan fingerprint density at radius 3 is 2.71 bits per heavy atom. The van der Waals surface area contributed by atoms with Gasteiger partial charge in [-0.3, -0.25) is 4.90 Å². The molecule has 0 radical (unpaired) electrons. The lowest BCUT2D eigenvalue weighted by Gasteiger charge is -2.31. The number of ether oxygens (including phenoxy) is 1. The molecule has 5 heteroatoms. The average Bonchev–Trinajstić information content (AvgIpc) is 3.38. The van der Waals surface area contributed by atoms with Gasteiger partial charge < -0.3 is 9.26 Å². The summed E-state index contributed by atoms with van der Waals surface area (Å²) in [7, 11) is 0. The van der Waals surface area contributed by atoms with Crippen LogP contribution in [-0.4, -0.2) is 40.8 Å². The van der Waals surface area contributed by atoms with E-state index < -0.39 is 0 Å². The lowest BCUT2D eigenvalue weighted by atomic mass is 9.78. The summed E-state index contributed by atoms with van der Waals surface area (Å²) in [4.78, 5) is 7.28. The summed E-state index contributed by atoms with van der Waals surface area (Å²) in [6.07, 6.45) is 8.39. The molecule has 0 spiro atoms. The summed E-state index contributed by atoms with van der Waals surface area (Å²) >= 11 is 0. The van der Waals surface area contributed by atoms with Crippen molar-refractivity contribution in [3.63, 3.8) is 0 Å². The molecule has 0 N–H and O–H groups in total.